The van der Waals surface area contributed by atoms with Gasteiger partial charge in [0.2, 0.25) is 0 Å². The topological polar surface area (TPSA) is 93.1 Å². The molecule has 0 aromatic heterocycles. The summed E-state index contributed by atoms with van der Waals surface area (Å²) in [7, 11) is 0. The Balaban J connectivity index is 0.000000149. The molecule has 6 rings (SSSR count). The number of hydrogen-bond acceptors (Lipinski definition) is 6. The van der Waals surface area contributed by atoms with Crippen LogP contribution in [-0.2, 0) is 0 Å². The van der Waals surface area contributed by atoms with Gasteiger partial charge in [-0.15, -0.1) is 0 Å². The van der Waals surface area contributed by atoms with Gasteiger partial charge in [0.15, 0.2) is 11.6 Å². The number of fused-ring (bicyclic) bond motifs is 2. The lowest BCUT2D eigenvalue weighted by Gasteiger charge is -2.26. The molecule has 0 saturated heterocycles. The maximum Gasteiger partial charge on any atom is 0.174 e. The number of ketones is 2. The maximum absolute atomic E-state index is 12.1. The minimum atomic E-state index is -0.387. The van der Waals surface area contributed by atoms with E-state index in [0.717, 1.165) is 17.2 Å². The van der Waals surface area contributed by atoms with Crippen molar-refractivity contribution in [2.75, 3.05) is 0 Å². The monoisotopic (exact) mass is 480 g/mol. The van der Waals surface area contributed by atoms with Gasteiger partial charge in [0.25, 0.3) is 0 Å². The standard InChI is InChI=1S/C15H12O4.C15H12O2/c16-10-6-11(17)15-12(18)8-13(19-14(15)7-10)9-4-2-1-3-5-9;16-13-10-15(11-6-2-1-3-7-11)17-14-9-5-4-8-12(13)14/h1-7,13,16-17H,8H2;1-9,15H,10H2. The number of benzene rings is 4. The van der Waals surface area contributed by atoms with E-state index in [1.54, 1.807) is 0 Å². The predicted octanol–water partition coefficient (Wildman–Crippen LogP) is 6.20. The van der Waals surface area contributed by atoms with Crippen LogP contribution in [0.1, 0.15) is 56.9 Å². The zero-order chi connectivity index (χ0) is 25.1. The van der Waals surface area contributed by atoms with Crippen molar-refractivity contribution in [2.45, 2.75) is 25.0 Å². The quantitative estimate of drug-likeness (QED) is 0.355. The fraction of sp³-hybridized carbons (Fsp3) is 0.133. The van der Waals surface area contributed by atoms with E-state index in [1.165, 1.54) is 6.07 Å². The molecule has 4 aromatic rings. The number of carbonyl (C=O) groups is 2. The van der Waals surface area contributed by atoms with Crippen LogP contribution >= 0.6 is 0 Å². The molecule has 6 heteroatoms. The van der Waals surface area contributed by atoms with E-state index in [9.17, 15) is 19.8 Å². The average molecular weight is 481 g/mol. The normalized spacial score (nSPS) is 18.0. The molecule has 2 unspecified atom stereocenters. The summed E-state index contributed by atoms with van der Waals surface area (Å²) in [5.74, 6) is 0.512. The van der Waals surface area contributed by atoms with Crippen LogP contribution in [0.4, 0.5) is 0 Å². The van der Waals surface area contributed by atoms with E-state index in [2.05, 4.69) is 0 Å². The van der Waals surface area contributed by atoms with Gasteiger partial charge >= 0.3 is 0 Å². The Bertz CT molecular complexity index is 1400. The molecule has 2 N–H and O–H groups in total. The van der Waals surface area contributed by atoms with Gasteiger partial charge in [-0.25, -0.2) is 0 Å². The van der Waals surface area contributed by atoms with Gasteiger partial charge in [-0.3, -0.25) is 9.59 Å². The number of aromatic hydroxyl groups is 2. The molecular formula is C30H24O6. The largest absolute Gasteiger partial charge is 0.508 e. The first-order chi connectivity index (χ1) is 17.5. The third-order valence-electron chi connectivity index (χ3n) is 6.16. The van der Waals surface area contributed by atoms with Gasteiger partial charge in [-0.05, 0) is 23.3 Å². The summed E-state index contributed by atoms with van der Waals surface area (Å²) in [5, 5.41) is 19.2. The first kappa shape index (κ1) is 23.2. The lowest BCUT2D eigenvalue weighted by Crippen LogP contribution is -2.20. The average Bonchev–Trinajstić information content (AvgIpc) is 2.89. The van der Waals surface area contributed by atoms with Crippen LogP contribution in [0.15, 0.2) is 97.1 Å². The predicted molar refractivity (Wildman–Crippen MR) is 134 cm³/mol. The fourth-order valence-electron chi connectivity index (χ4n) is 4.41. The molecule has 0 aliphatic carbocycles. The van der Waals surface area contributed by atoms with Crippen LogP contribution in [0.5, 0.6) is 23.0 Å². The highest BCUT2D eigenvalue weighted by Crippen LogP contribution is 2.41. The van der Waals surface area contributed by atoms with Gasteiger partial charge in [0.1, 0.15) is 40.8 Å². The van der Waals surface area contributed by atoms with Crippen LogP contribution in [0.3, 0.4) is 0 Å². The summed E-state index contributed by atoms with van der Waals surface area (Å²) in [6.07, 6.45) is 0.0529. The second-order valence-corrected chi connectivity index (χ2v) is 8.62. The van der Waals surface area contributed by atoms with Gasteiger partial charge < -0.3 is 19.7 Å². The number of Topliss-reactive ketones (excluding diaryl/α,β-unsaturated/α-hetero) is 2. The Morgan fingerprint density at radius 1 is 0.611 bits per heavy atom. The first-order valence-corrected chi connectivity index (χ1v) is 11.6. The van der Waals surface area contributed by atoms with Crippen LogP contribution < -0.4 is 9.47 Å². The molecule has 2 aliphatic rings. The van der Waals surface area contributed by atoms with Crippen molar-refractivity contribution in [3.8, 4) is 23.0 Å². The number of phenolic OH excluding ortho intramolecular Hbond substituents is 2. The lowest BCUT2D eigenvalue weighted by molar-refractivity contribution is 0.0837. The Labute approximate surface area is 208 Å². The molecule has 36 heavy (non-hydrogen) atoms. The van der Waals surface area contributed by atoms with Gasteiger partial charge in [-0.1, -0.05) is 72.8 Å². The number of carbonyl (C=O) groups excluding carboxylic acids is 2. The van der Waals surface area contributed by atoms with Crippen molar-refractivity contribution in [3.05, 3.63) is 119 Å². The second kappa shape index (κ2) is 9.96. The Kier molecular flexibility index (Phi) is 6.41. The van der Waals surface area contributed by atoms with Crippen molar-refractivity contribution in [3.63, 3.8) is 0 Å². The molecule has 0 amide bonds. The highest BCUT2D eigenvalue weighted by molar-refractivity contribution is 6.02. The van der Waals surface area contributed by atoms with E-state index in [-0.39, 0.29) is 53.0 Å². The lowest BCUT2D eigenvalue weighted by atomic mass is 9.95. The van der Waals surface area contributed by atoms with Crippen LogP contribution in [-0.4, -0.2) is 21.8 Å². The number of ether oxygens (including phenoxy) is 2. The molecule has 0 fully saturated rings. The highest BCUT2D eigenvalue weighted by atomic mass is 16.5. The Hall–Kier alpha value is -4.58. The number of phenols is 2. The van der Waals surface area contributed by atoms with Crippen molar-refractivity contribution in [2.24, 2.45) is 0 Å². The summed E-state index contributed by atoms with van der Waals surface area (Å²) in [4.78, 5) is 24.1. The molecule has 180 valence electrons. The molecule has 2 atom stereocenters. The summed E-state index contributed by atoms with van der Waals surface area (Å²) in [6, 6.07) is 29.2. The van der Waals surface area contributed by atoms with Gasteiger partial charge in [0.05, 0.1) is 18.4 Å². The summed E-state index contributed by atoms with van der Waals surface area (Å²) < 4.78 is 11.6. The first-order valence-electron chi connectivity index (χ1n) is 11.6. The van der Waals surface area contributed by atoms with Crippen molar-refractivity contribution < 1.29 is 29.3 Å². The molecule has 0 saturated carbocycles. The second-order valence-electron chi connectivity index (χ2n) is 8.62. The summed E-state index contributed by atoms with van der Waals surface area (Å²) >= 11 is 0. The smallest absolute Gasteiger partial charge is 0.174 e. The van der Waals surface area contributed by atoms with Crippen molar-refractivity contribution in [1.82, 2.24) is 0 Å². The van der Waals surface area contributed by atoms with Crippen molar-refractivity contribution in [1.29, 1.82) is 0 Å². The SMILES string of the molecule is O=C1CC(c2ccccc2)Oc2cc(O)cc(O)c21.O=C1CC(c2ccccc2)Oc2ccccc21. The van der Waals surface area contributed by atoms with Gasteiger partial charge in [-0.2, -0.15) is 0 Å². The number of hydrogen-bond donors (Lipinski definition) is 2. The third kappa shape index (κ3) is 4.79. The van der Waals surface area contributed by atoms with Crippen LogP contribution in [0, 0.1) is 0 Å². The maximum atomic E-state index is 12.1. The molecule has 0 bridgehead atoms. The minimum absolute atomic E-state index is 0.127. The molecule has 2 aliphatic heterocycles. The molecular weight excluding hydrogens is 456 g/mol. The zero-order valence-electron chi connectivity index (χ0n) is 19.3. The van der Waals surface area contributed by atoms with E-state index in [4.69, 9.17) is 9.47 Å². The minimum Gasteiger partial charge on any atom is -0.508 e. The summed E-state index contributed by atoms with van der Waals surface area (Å²) in [6.45, 7) is 0. The van der Waals surface area contributed by atoms with Crippen LogP contribution in [0.2, 0.25) is 0 Å². The molecule has 6 nitrogen and oxygen atoms in total. The van der Waals surface area contributed by atoms with Crippen LogP contribution in [0.25, 0.3) is 0 Å². The molecule has 0 radical (unpaired) electrons. The molecule has 4 aromatic carbocycles. The van der Waals surface area contributed by atoms with E-state index in [0.29, 0.717) is 17.7 Å². The highest BCUT2D eigenvalue weighted by Gasteiger charge is 2.30. The van der Waals surface area contributed by atoms with E-state index < -0.39 is 0 Å². The molecule has 2 heterocycles. The zero-order valence-corrected chi connectivity index (χ0v) is 19.3. The van der Waals surface area contributed by atoms with Crippen molar-refractivity contribution >= 4 is 11.6 Å². The fourth-order valence-corrected chi connectivity index (χ4v) is 4.41. The van der Waals surface area contributed by atoms with Gasteiger partial charge in [0, 0.05) is 12.1 Å². The number of rotatable bonds is 2. The third-order valence-corrected chi connectivity index (χ3v) is 6.16. The Morgan fingerprint density at radius 2 is 1.14 bits per heavy atom. The van der Waals surface area contributed by atoms with E-state index >= 15 is 0 Å². The van der Waals surface area contributed by atoms with E-state index in [1.807, 2.05) is 84.9 Å². The molecule has 0 spiro atoms. The Morgan fingerprint density at radius 3 is 1.78 bits per heavy atom. The number of para-hydroxylation sites is 1. The summed E-state index contributed by atoms with van der Waals surface area (Å²) in [5.41, 5.74) is 2.78.